The number of carbonyl (C=O) groups is 11. The number of thioether (sulfide) groups is 1. The van der Waals surface area contributed by atoms with E-state index in [0.29, 0.717) is 31.4 Å². The molecule has 10 atom stereocenters. The fraction of sp³-hybridized carbons (Fsp3) is 0.732. The Balaban J connectivity index is 3.23. The number of hydrogen-bond acceptors (Lipinski definition) is 15. The number of carbonyl (C=O) groups excluding carboxylic acids is 9. The van der Waals surface area contributed by atoms with Crippen LogP contribution in [-0.2, 0) is 52.7 Å². The summed E-state index contributed by atoms with van der Waals surface area (Å²) in [6, 6.07) is -11.7. The van der Waals surface area contributed by atoms with Crippen LogP contribution >= 0.6 is 11.8 Å². The van der Waals surface area contributed by atoms with E-state index in [2.05, 4.69) is 37.2 Å². The predicted octanol–water partition coefficient (Wildman–Crippen LogP) is -4.13. The number of carboxylic acids is 2. The van der Waals surface area contributed by atoms with Crippen molar-refractivity contribution in [1.29, 1.82) is 0 Å². The Morgan fingerprint density at radius 1 is 0.687 bits per heavy atom. The lowest BCUT2D eigenvalue weighted by Crippen LogP contribution is -2.60. The van der Waals surface area contributed by atoms with E-state index < -0.39 is 151 Å². The van der Waals surface area contributed by atoms with Gasteiger partial charge in [0.1, 0.15) is 48.3 Å². The Kier molecular flexibility index (Phi) is 27.2. The third-order valence-corrected chi connectivity index (χ3v) is 11.6. The summed E-state index contributed by atoms with van der Waals surface area (Å²) in [6.45, 7) is 5.66. The monoisotopic (exact) mass is 973 g/mol. The van der Waals surface area contributed by atoms with Crippen LogP contribution in [0, 0.1) is 5.92 Å². The second kappa shape index (κ2) is 30.6. The Labute approximate surface area is 393 Å². The minimum atomic E-state index is -1.74. The maximum absolute atomic E-state index is 13.8. The van der Waals surface area contributed by atoms with E-state index in [-0.39, 0.29) is 38.8 Å². The number of nitrogens with zero attached hydrogens (tertiary/aromatic N) is 1. The number of likely N-dealkylation sites (tertiary alicyclic amines) is 1. The first kappa shape index (κ1) is 59.4. The third-order valence-electron chi connectivity index (χ3n) is 11.0. The molecule has 1 rings (SSSR count). The highest BCUT2D eigenvalue weighted by molar-refractivity contribution is 7.98. The van der Waals surface area contributed by atoms with Gasteiger partial charge in [-0.1, -0.05) is 20.3 Å². The number of carboxylic acid groups (broad SMARTS) is 2. The summed E-state index contributed by atoms with van der Waals surface area (Å²) in [5.41, 5.74) is 16.7. The molecule has 26 heteroatoms. The van der Waals surface area contributed by atoms with E-state index in [1.54, 1.807) is 13.8 Å². The molecule has 0 unspecified atom stereocenters. The SMILES string of the molecule is CC[C@H](C)[C@H](NC(=O)[C@@H]1CCCN1C(=O)[C@H](CCSC)NC(=O)[C@H](C)N)C(=O)N[C@@H](C)C(=O)N[C@@H](CCC(N)=O)C(=O)N[C@@H](CCCCN)C(=O)N[C@@H](CO)C(=O)N[C@@H](CCC(=O)O)C(=O)O. The van der Waals surface area contributed by atoms with Gasteiger partial charge in [0.05, 0.1) is 12.6 Å². The molecule has 25 nitrogen and oxygen atoms in total. The molecule has 380 valence electrons. The number of unbranched alkanes of at least 4 members (excludes halogenated alkanes) is 1. The van der Waals surface area contributed by atoms with Crippen molar-refractivity contribution in [2.45, 2.75) is 153 Å². The maximum atomic E-state index is 13.8. The molecular weight excluding hydrogens is 903 g/mol. The van der Waals surface area contributed by atoms with E-state index >= 15 is 0 Å². The molecule has 1 heterocycles. The summed E-state index contributed by atoms with van der Waals surface area (Å²) in [5, 5.41) is 45.4. The highest BCUT2D eigenvalue weighted by atomic mass is 32.2. The van der Waals surface area contributed by atoms with Crippen LogP contribution in [0.1, 0.15) is 98.3 Å². The zero-order valence-corrected chi connectivity index (χ0v) is 39.6. The van der Waals surface area contributed by atoms with Gasteiger partial charge in [-0.05, 0) is 89.7 Å². The minimum absolute atomic E-state index is 0.0773. The Hall–Kier alpha value is -5.60. The van der Waals surface area contributed by atoms with Gasteiger partial charge < -0.3 is 74.6 Å². The molecule has 0 saturated carbocycles. The topological polar surface area (TPSA) is 414 Å². The molecule has 0 radical (unpaired) electrons. The zero-order chi connectivity index (χ0) is 51.0. The van der Waals surface area contributed by atoms with Crippen LogP contribution in [0.15, 0.2) is 0 Å². The molecular formula is C41H71N11O14S. The van der Waals surface area contributed by atoms with Gasteiger partial charge in [0.2, 0.25) is 53.2 Å². The lowest BCUT2D eigenvalue weighted by Gasteiger charge is -2.31. The predicted molar refractivity (Wildman–Crippen MR) is 243 cm³/mol. The first-order chi connectivity index (χ1) is 31.5. The first-order valence-corrected chi connectivity index (χ1v) is 23.6. The number of aliphatic hydroxyl groups is 1. The molecule has 1 aliphatic heterocycles. The van der Waals surface area contributed by atoms with Crippen molar-refractivity contribution >= 4 is 76.9 Å². The molecule has 9 amide bonds. The van der Waals surface area contributed by atoms with Crippen molar-refractivity contribution in [3.8, 4) is 0 Å². The van der Waals surface area contributed by atoms with Gasteiger partial charge in [0.25, 0.3) is 0 Å². The fourth-order valence-electron chi connectivity index (χ4n) is 6.77. The van der Waals surface area contributed by atoms with Crippen LogP contribution in [0.4, 0.5) is 0 Å². The molecule has 0 aromatic heterocycles. The van der Waals surface area contributed by atoms with Crippen LogP contribution in [0.25, 0.3) is 0 Å². The second-order valence-electron chi connectivity index (χ2n) is 16.4. The zero-order valence-electron chi connectivity index (χ0n) is 38.8. The average molecular weight is 974 g/mol. The van der Waals surface area contributed by atoms with Crippen molar-refractivity contribution in [3.63, 3.8) is 0 Å². The lowest BCUT2D eigenvalue weighted by atomic mass is 9.97. The number of rotatable bonds is 32. The highest BCUT2D eigenvalue weighted by Gasteiger charge is 2.40. The van der Waals surface area contributed by atoms with Crippen LogP contribution in [0.5, 0.6) is 0 Å². The number of aliphatic hydroxyl groups excluding tert-OH is 1. The molecule has 16 N–H and O–H groups in total. The molecule has 1 saturated heterocycles. The van der Waals surface area contributed by atoms with Gasteiger partial charge >= 0.3 is 11.9 Å². The first-order valence-electron chi connectivity index (χ1n) is 22.2. The largest absolute Gasteiger partial charge is 0.481 e. The van der Waals surface area contributed by atoms with Crippen LogP contribution < -0.4 is 54.4 Å². The molecule has 0 aromatic rings. The average Bonchev–Trinajstić information content (AvgIpc) is 3.77. The van der Waals surface area contributed by atoms with Crippen molar-refractivity contribution in [2.75, 3.05) is 31.7 Å². The third kappa shape index (κ3) is 20.8. The van der Waals surface area contributed by atoms with Gasteiger partial charge in [-0.2, -0.15) is 11.8 Å². The van der Waals surface area contributed by atoms with Gasteiger partial charge in [0.15, 0.2) is 0 Å². The summed E-state index contributed by atoms with van der Waals surface area (Å²) in [5.74, 6) is -10.1. The Morgan fingerprint density at radius 2 is 1.24 bits per heavy atom. The molecule has 0 bridgehead atoms. The van der Waals surface area contributed by atoms with Gasteiger partial charge in [-0.25, -0.2) is 4.79 Å². The maximum Gasteiger partial charge on any atom is 0.326 e. The van der Waals surface area contributed by atoms with E-state index in [0.717, 1.165) is 0 Å². The quantitative estimate of drug-likeness (QED) is 0.0285. The van der Waals surface area contributed by atoms with Crippen molar-refractivity contribution < 1.29 is 68.1 Å². The van der Waals surface area contributed by atoms with E-state index in [4.69, 9.17) is 22.3 Å². The highest BCUT2D eigenvalue weighted by Crippen LogP contribution is 2.21. The summed E-state index contributed by atoms with van der Waals surface area (Å²) in [4.78, 5) is 143. The molecule has 1 fully saturated rings. The molecule has 67 heavy (non-hydrogen) atoms. The molecule has 0 aliphatic carbocycles. The normalized spacial score (nSPS) is 17.4. The lowest BCUT2D eigenvalue weighted by molar-refractivity contribution is -0.144. The molecule has 0 spiro atoms. The molecule has 1 aliphatic rings. The number of aliphatic carboxylic acids is 2. The second-order valence-corrected chi connectivity index (χ2v) is 17.4. The standard InChI is InChI=1S/C41H71N11O14S/c1-6-21(2)32(51-38(62)29-11-9-18-52(29)40(64)26(16-19-67-5)48-33(57)22(3)43)39(63)45-23(4)34(58)46-25(12-14-30(44)54)36(60)47-24(10-7-8-17-42)35(59)50-28(20-53)37(61)49-27(41(65)66)13-15-31(55)56/h21-29,32,53H,6-20,42-43H2,1-5H3,(H2,44,54)(H,45,63)(H,46,58)(H,47,60)(H,48,57)(H,49,61)(H,50,59)(H,51,62)(H,55,56)(H,65,66)/t21-,22-,23-,24-,25-,26-,27-,28-,29-,32-/m0/s1. The summed E-state index contributed by atoms with van der Waals surface area (Å²) in [7, 11) is 0. The van der Waals surface area contributed by atoms with E-state index in [9.17, 15) is 63.0 Å². The summed E-state index contributed by atoms with van der Waals surface area (Å²) >= 11 is 1.47. The van der Waals surface area contributed by atoms with E-state index in [1.165, 1.54) is 30.5 Å². The Morgan fingerprint density at radius 3 is 1.78 bits per heavy atom. The summed E-state index contributed by atoms with van der Waals surface area (Å²) in [6.07, 6.45) is 1.98. The van der Waals surface area contributed by atoms with Crippen LogP contribution in [0.2, 0.25) is 0 Å². The number of nitrogens with two attached hydrogens (primary N) is 3. The Bertz CT molecular complexity index is 1740. The smallest absolute Gasteiger partial charge is 0.326 e. The number of amides is 9. The van der Waals surface area contributed by atoms with Crippen molar-refractivity contribution in [1.82, 2.24) is 42.1 Å². The van der Waals surface area contributed by atoms with Crippen molar-refractivity contribution in [3.05, 3.63) is 0 Å². The molecule has 0 aromatic carbocycles. The van der Waals surface area contributed by atoms with Gasteiger partial charge in [-0.3, -0.25) is 47.9 Å². The van der Waals surface area contributed by atoms with Crippen LogP contribution in [-0.4, -0.2) is 171 Å². The van der Waals surface area contributed by atoms with Gasteiger partial charge in [0, 0.05) is 19.4 Å². The van der Waals surface area contributed by atoms with E-state index in [1.807, 2.05) is 6.26 Å². The minimum Gasteiger partial charge on any atom is -0.481 e. The number of primary amides is 1. The van der Waals surface area contributed by atoms with Crippen molar-refractivity contribution in [2.24, 2.45) is 23.1 Å². The van der Waals surface area contributed by atoms with Gasteiger partial charge in [-0.15, -0.1) is 0 Å². The fourth-order valence-corrected chi connectivity index (χ4v) is 7.24. The number of hydrogen-bond donors (Lipinski definition) is 13. The number of nitrogens with one attached hydrogen (secondary N) is 7. The van der Waals surface area contributed by atoms with Crippen LogP contribution in [0.3, 0.4) is 0 Å². The summed E-state index contributed by atoms with van der Waals surface area (Å²) < 4.78 is 0.